The summed E-state index contributed by atoms with van der Waals surface area (Å²) < 4.78 is 6.34. The molecule has 45 heavy (non-hydrogen) atoms. The number of aromatic nitrogens is 7. The van der Waals surface area contributed by atoms with Crippen LogP contribution in [-0.4, -0.2) is 81.6 Å². The number of rotatable bonds is 6. The summed E-state index contributed by atoms with van der Waals surface area (Å²) in [7, 11) is 1.79. The number of anilines is 1. The molecule has 0 unspecified atom stereocenters. The summed E-state index contributed by atoms with van der Waals surface area (Å²) >= 11 is 1.67. The van der Waals surface area contributed by atoms with E-state index in [0.717, 1.165) is 67.1 Å². The Labute approximate surface area is 263 Å². The molecular weight excluding hydrogens is 590 g/mol. The number of H-pyrrole nitrogens is 1. The van der Waals surface area contributed by atoms with Gasteiger partial charge in [-0.15, -0.1) is 11.3 Å². The molecule has 0 aliphatic carbocycles. The van der Waals surface area contributed by atoms with Crippen LogP contribution in [0.3, 0.4) is 0 Å². The number of aliphatic hydroxyl groups is 1. The Kier molecular flexibility index (Phi) is 6.86. The Bertz CT molecular complexity index is 2150. The number of hydrogen-bond acceptors (Lipinski definition) is 8. The summed E-state index contributed by atoms with van der Waals surface area (Å²) in [5, 5.41) is 16.9. The van der Waals surface area contributed by atoms with E-state index in [1.54, 1.807) is 60.8 Å². The Morgan fingerprint density at radius 3 is 2.56 bits per heavy atom. The van der Waals surface area contributed by atoms with Gasteiger partial charge in [-0.2, -0.15) is 5.10 Å². The smallest absolute Gasteiger partial charge is 0.329 e. The molecule has 0 radical (unpaired) electrons. The molecule has 13 heteroatoms. The van der Waals surface area contributed by atoms with Crippen molar-refractivity contribution in [1.82, 2.24) is 38.8 Å². The zero-order valence-corrected chi connectivity index (χ0v) is 27.1. The van der Waals surface area contributed by atoms with Gasteiger partial charge in [0.25, 0.3) is 0 Å². The minimum absolute atomic E-state index is 0.0647. The van der Waals surface area contributed by atoms with Crippen molar-refractivity contribution in [2.75, 3.05) is 31.1 Å². The van der Waals surface area contributed by atoms with Gasteiger partial charge in [-0.3, -0.25) is 18.6 Å². The number of pyridine rings is 2. The second-order valence-electron chi connectivity index (χ2n) is 12.8. The van der Waals surface area contributed by atoms with Crippen molar-refractivity contribution in [3.63, 3.8) is 0 Å². The lowest BCUT2D eigenvalue weighted by atomic mass is 10.1. The molecule has 0 aromatic carbocycles. The third-order valence-corrected chi connectivity index (χ3v) is 9.66. The van der Waals surface area contributed by atoms with E-state index in [1.807, 2.05) is 35.7 Å². The lowest BCUT2D eigenvalue weighted by Gasteiger charge is -2.34. The molecule has 12 nitrogen and oxygen atoms in total. The van der Waals surface area contributed by atoms with Crippen LogP contribution >= 0.6 is 11.3 Å². The van der Waals surface area contributed by atoms with Gasteiger partial charge < -0.3 is 19.9 Å². The first-order valence-electron chi connectivity index (χ1n) is 15.2. The third-order valence-electron chi connectivity index (χ3n) is 8.54. The maximum absolute atomic E-state index is 13.4. The first-order valence-corrected chi connectivity index (χ1v) is 16.0. The van der Waals surface area contributed by atoms with Crippen LogP contribution in [0.5, 0.6) is 0 Å². The Morgan fingerprint density at radius 2 is 1.87 bits per heavy atom. The van der Waals surface area contributed by atoms with Gasteiger partial charge in [-0.05, 0) is 39.8 Å². The zero-order valence-electron chi connectivity index (χ0n) is 26.3. The fourth-order valence-corrected chi connectivity index (χ4v) is 7.49. The minimum atomic E-state index is -0.924. The summed E-state index contributed by atoms with van der Waals surface area (Å²) in [5.74, 6) is 0.998. The van der Waals surface area contributed by atoms with E-state index in [4.69, 9.17) is 9.97 Å². The summed E-state index contributed by atoms with van der Waals surface area (Å²) in [6, 6.07) is 4.21. The number of fused-ring (bicyclic) bond motifs is 4. The van der Waals surface area contributed by atoms with Gasteiger partial charge in [-0.1, -0.05) is 0 Å². The SMILES string of the molecule is CC(=O)N1CCN(c2cc3sc(-c4c(-c5cnn(CC(C)(C)O)c5)[nH]c5ncc6c(c45)n(C(C)C)c(=O)n6C)cc3cn2)CC1. The fraction of sp³-hybridized carbons (Fsp3) is 0.406. The zero-order chi connectivity index (χ0) is 31.8. The Balaban J connectivity index is 1.42. The number of aromatic amines is 1. The van der Waals surface area contributed by atoms with Crippen molar-refractivity contribution >= 4 is 55.2 Å². The van der Waals surface area contributed by atoms with E-state index in [-0.39, 0.29) is 17.6 Å². The predicted octanol–water partition coefficient (Wildman–Crippen LogP) is 4.38. The molecule has 1 saturated heterocycles. The number of imidazole rings is 1. The number of hydrogen-bond donors (Lipinski definition) is 2. The van der Waals surface area contributed by atoms with E-state index in [9.17, 15) is 14.7 Å². The number of carbonyl (C=O) groups excluding carboxylic acids is 1. The fourth-order valence-electron chi connectivity index (χ4n) is 6.37. The third kappa shape index (κ3) is 4.99. The lowest BCUT2D eigenvalue weighted by Crippen LogP contribution is -2.48. The Hall–Kier alpha value is -4.49. The number of aryl methyl sites for hydroxylation is 1. The maximum Gasteiger partial charge on any atom is 0.329 e. The predicted molar refractivity (Wildman–Crippen MR) is 178 cm³/mol. The summed E-state index contributed by atoms with van der Waals surface area (Å²) in [5.41, 5.74) is 3.92. The van der Waals surface area contributed by atoms with Crippen molar-refractivity contribution in [2.24, 2.45) is 7.05 Å². The molecule has 1 aliphatic rings. The highest BCUT2D eigenvalue weighted by atomic mass is 32.1. The average Bonchev–Trinajstić information content (AvgIpc) is 3.75. The molecule has 1 fully saturated rings. The molecule has 6 aromatic heterocycles. The largest absolute Gasteiger partial charge is 0.389 e. The van der Waals surface area contributed by atoms with Crippen molar-refractivity contribution < 1.29 is 9.90 Å². The number of nitrogens with zero attached hydrogens (tertiary/aromatic N) is 8. The van der Waals surface area contributed by atoms with Gasteiger partial charge in [0.1, 0.15) is 11.5 Å². The highest BCUT2D eigenvalue weighted by molar-refractivity contribution is 7.22. The summed E-state index contributed by atoms with van der Waals surface area (Å²) in [6.45, 7) is 12.3. The van der Waals surface area contributed by atoms with E-state index in [1.165, 1.54) is 0 Å². The normalized spacial score (nSPS) is 14.6. The van der Waals surface area contributed by atoms with E-state index >= 15 is 0 Å². The Morgan fingerprint density at radius 1 is 1.11 bits per heavy atom. The topological polar surface area (TPSA) is 130 Å². The lowest BCUT2D eigenvalue weighted by molar-refractivity contribution is -0.129. The van der Waals surface area contributed by atoms with Crippen LogP contribution in [0.15, 0.2) is 41.7 Å². The molecular formula is C32H37N9O3S. The molecule has 0 spiro atoms. The molecule has 1 aliphatic heterocycles. The summed E-state index contributed by atoms with van der Waals surface area (Å²) in [4.78, 5) is 43.5. The molecule has 0 bridgehead atoms. The molecule has 7 rings (SSSR count). The number of piperazine rings is 1. The first-order chi connectivity index (χ1) is 21.4. The van der Waals surface area contributed by atoms with Crippen LogP contribution in [0, 0.1) is 0 Å². The quantitative estimate of drug-likeness (QED) is 0.280. The van der Waals surface area contributed by atoms with Crippen molar-refractivity contribution in [1.29, 1.82) is 0 Å². The first kappa shape index (κ1) is 29.2. The van der Waals surface area contributed by atoms with Gasteiger partial charge in [-0.25, -0.2) is 14.8 Å². The van der Waals surface area contributed by atoms with E-state index in [2.05, 4.69) is 27.1 Å². The van der Waals surface area contributed by atoms with Crippen molar-refractivity contribution in [3.05, 3.63) is 47.4 Å². The van der Waals surface area contributed by atoms with Crippen LogP contribution in [0.4, 0.5) is 5.82 Å². The standard InChI is InChI=1S/C32H37N9O3S/c1-18(2)41-29-22(37(6)31(41)43)15-34-30-27(29)26(28(36-30)21-14-35-40(16-21)17-32(4,5)44)24-11-20-13-33-25(12-23(20)45-24)39-9-7-38(8-10-39)19(3)42/h11-16,18,44H,7-10,17H2,1-6H3,(H,34,36). The van der Waals surface area contributed by atoms with Gasteiger partial charge in [0.2, 0.25) is 5.91 Å². The summed E-state index contributed by atoms with van der Waals surface area (Å²) in [6.07, 6.45) is 7.40. The molecule has 2 N–H and O–H groups in total. The van der Waals surface area contributed by atoms with E-state index in [0.29, 0.717) is 25.3 Å². The van der Waals surface area contributed by atoms with Crippen LogP contribution in [0.25, 0.3) is 53.9 Å². The molecule has 0 atom stereocenters. The van der Waals surface area contributed by atoms with Crippen LogP contribution in [0.1, 0.15) is 40.7 Å². The van der Waals surface area contributed by atoms with Crippen molar-refractivity contribution in [2.45, 2.75) is 52.8 Å². The van der Waals surface area contributed by atoms with Crippen LogP contribution in [-0.2, 0) is 18.4 Å². The highest BCUT2D eigenvalue weighted by Gasteiger charge is 2.26. The van der Waals surface area contributed by atoms with Gasteiger partial charge in [0.05, 0.1) is 46.7 Å². The number of nitrogens with one attached hydrogen (secondary N) is 1. The van der Waals surface area contributed by atoms with Gasteiger partial charge in [0, 0.05) is 84.7 Å². The molecule has 6 aromatic rings. The second-order valence-corrected chi connectivity index (χ2v) is 13.9. The monoisotopic (exact) mass is 627 g/mol. The number of carbonyl (C=O) groups is 1. The molecule has 0 saturated carbocycles. The van der Waals surface area contributed by atoms with Gasteiger partial charge in [0.15, 0.2) is 0 Å². The number of thiophene rings is 1. The second kappa shape index (κ2) is 10.6. The van der Waals surface area contributed by atoms with Crippen LogP contribution < -0.4 is 10.6 Å². The maximum atomic E-state index is 13.4. The molecule has 234 valence electrons. The molecule has 1 amide bonds. The average molecular weight is 628 g/mol. The van der Waals surface area contributed by atoms with Gasteiger partial charge >= 0.3 is 5.69 Å². The van der Waals surface area contributed by atoms with Crippen molar-refractivity contribution in [3.8, 4) is 21.7 Å². The van der Waals surface area contributed by atoms with Crippen LogP contribution in [0.2, 0.25) is 0 Å². The highest BCUT2D eigenvalue weighted by Crippen LogP contribution is 2.45. The minimum Gasteiger partial charge on any atom is -0.389 e. The molecule has 7 heterocycles. The number of amides is 1. The van der Waals surface area contributed by atoms with E-state index < -0.39 is 5.60 Å².